The Kier molecular flexibility index (Phi) is 6.76. The van der Waals surface area contributed by atoms with Crippen LogP contribution in [0, 0.1) is 5.21 Å². The maximum absolute atomic E-state index is 12.3. The van der Waals surface area contributed by atoms with Gasteiger partial charge in [-0.3, -0.25) is 4.79 Å². The molecular weight excluding hydrogens is 393 g/mol. The second-order valence-corrected chi connectivity index (χ2v) is 6.69. The second kappa shape index (κ2) is 8.63. The van der Waals surface area contributed by atoms with Gasteiger partial charge in [-0.1, -0.05) is 11.6 Å². The summed E-state index contributed by atoms with van der Waals surface area (Å²) in [7, 11) is 0. The highest BCUT2D eigenvalue weighted by Gasteiger charge is 2.27. The van der Waals surface area contributed by atoms with Gasteiger partial charge in [0.2, 0.25) is 12.1 Å². The lowest BCUT2D eigenvalue weighted by Gasteiger charge is -2.19. The van der Waals surface area contributed by atoms with Crippen molar-refractivity contribution in [3.63, 3.8) is 0 Å². The molecule has 0 aliphatic carbocycles. The Morgan fingerprint density at radius 1 is 1.50 bits per heavy atom. The first-order valence-corrected chi connectivity index (χ1v) is 9.13. The molecule has 0 aliphatic rings. The molecule has 0 spiro atoms. The van der Waals surface area contributed by atoms with Crippen LogP contribution in [0.1, 0.15) is 13.3 Å². The molecule has 2 aromatic heterocycles. The Hall–Kier alpha value is -1.94. The molecule has 142 valence electrons. The van der Waals surface area contributed by atoms with Crippen LogP contribution in [0.15, 0.2) is 30.7 Å². The smallest absolute Gasteiger partial charge is 0.397 e. The maximum atomic E-state index is 12.3. The van der Waals surface area contributed by atoms with E-state index >= 15 is 0 Å². The van der Waals surface area contributed by atoms with Crippen LogP contribution in [0.2, 0.25) is 5.15 Å². The fourth-order valence-electron chi connectivity index (χ4n) is 2.20. The zero-order valence-electron chi connectivity index (χ0n) is 13.7. The number of aromatic nitrogens is 3. The molecule has 0 N–H and O–H groups in total. The molecule has 1 amide bonds. The number of thioether (sulfide) groups is 1. The molecule has 0 radical (unpaired) electrons. The number of hydrogen-bond acceptors (Lipinski definition) is 4. The molecule has 0 aromatic carbocycles. The van der Waals surface area contributed by atoms with Gasteiger partial charge in [-0.2, -0.15) is 34.8 Å². The predicted octanol–water partition coefficient (Wildman–Crippen LogP) is 3.20. The number of pyridine rings is 1. The minimum Gasteiger partial charge on any atom is -0.619 e. The summed E-state index contributed by atoms with van der Waals surface area (Å²) in [6, 6.07) is 3.19. The van der Waals surface area contributed by atoms with E-state index < -0.39 is 11.9 Å². The monoisotopic (exact) mass is 408 g/mol. The fraction of sp³-hybridized carbons (Fsp3) is 0.400. The molecule has 0 aliphatic heterocycles. The number of nitrogens with zero attached hydrogens (tertiary/aromatic N) is 4. The van der Waals surface area contributed by atoms with Gasteiger partial charge in [-0.05, 0) is 13.0 Å². The van der Waals surface area contributed by atoms with Crippen LogP contribution in [0.4, 0.5) is 18.9 Å². The average molecular weight is 409 g/mol. The molecule has 0 bridgehead atoms. The van der Waals surface area contributed by atoms with Crippen LogP contribution in [-0.4, -0.2) is 39.9 Å². The summed E-state index contributed by atoms with van der Waals surface area (Å²) in [6.45, 7) is 2.01. The van der Waals surface area contributed by atoms with E-state index in [1.165, 1.54) is 34.2 Å². The quantitative estimate of drug-likeness (QED) is 0.401. The van der Waals surface area contributed by atoms with Crippen molar-refractivity contribution in [3.05, 3.63) is 41.1 Å². The third kappa shape index (κ3) is 5.53. The van der Waals surface area contributed by atoms with Crippen LogP contribution in [0.5, 0.6) is 0 Å². The summed E-state index contributed by atoms with van der Waals surface area (Å²) in [4.78, 5) is 13.7. The number of amides is 1. The standard InChI is InChI=1S/C15H16ClF3N4O2S/c1-2-22(13(24)5-7-26-10-15(17,18)19)12-9-23(20-14(12)16)11-4-3-6-21(25)8-11/h3-4,6,8-9H,2,5,7,10H2,1H3. The van der Waals surface area contributed by atoms with E-state index in [1.54, 1.807) is 13.0 Å². The molecule has 2 aromatic rings. The number of carbonyl (C=O) groups is 1. The second-order valence-electron chi connectivity index (χ2n) is 5.23. The Bertz CT molecular complexity index is 770. The molecule has 2 rings (SSSR count). The summed E-state index contributed by atoms with van der Waals surface area (Å²) in [5.74, 6) is -1.29. The molecule has 0 fully saturated rings. The maximum Gasteiger partial charge on any atom is 0.397 e. The van der Waals surface area contributed by atoms with Crippen molar-refractivity contribution in [3.8, 4) is 5.69 Å². The highest BCUT2D eigenvalue weighted by atomic mass is 35.5. The summed E-state index contributed by atoms with van der Waals surface area (Å²) < 4.78 is 38.4. The third-order valence-corrected chi connectivity index (χ3v) is 4.60. The van der Waals surface area contributed by atoms with Gasteiger partial charge in [0.05, 0.1) is 11.9 Å². The van der Waals surface area contributed by atoms with Gasteiger partial charge in [-0.25, -0.2) is 4.68 Å². The van der Waals surface area contributed by atoms with Crippen molar-refractivity contribution in [2.45, 2.75) is 19.5 Å². The molecule has 26 heavy (non-hydrogen) atoms. The van der Waals surface area contributed by atoms with E-state index in [4.69, 9.17) is 11.6 Å². The number of carbonyl (C=O) groups excluding carboxylic acids is 1. The van der Waals surface area contributed by atoms with E-state index in [9.17, 15) is 23.2 Å². The molecule has 0 saturated carbocycles. The number of anilines is 1. The normalized spacial score (nSPS) is 11.6. The third-order valence-electron chi connectivity index (χ3n) is 3.31. The van der Waals surface area contributed by atoms with Crippen LogP contribution in [-0.2, 0) is 4.79 Å². The SMILES string of the molecule is CCN(C(=O)CCSCC(F)(F)F)c1cn(-c2ccc[n+]([O-])c2)nc1Cl. The molecule has 2 heterocycles. The Labute approximate surface area is 157 Å². The van der Waals surface area contributed by atoms with Gasteiger partial charge in [-0.15, -0.1) is 0 Å². The van der Waals surface area contributed by atoms with Crippen molar-refractivity contribution in [2.75, 3.05) is 23.0 Å². The molecular formula is C15H16ClF3N4O2S. The van der Waals surface area contributed by atoms with Crippen molar-refractivity contribution in [1.29, 1.82) is 0 Å². The summed E-state index contributed by atoms with van der Waals surface area (Å²) in [5.41, 5.74) is 0.793. The number of alkyl halides is 3. The van der Waals surface area contributed by atoms with Gasteiger partial charge in [0.15, 0.2) is 11.3 Å². The lowest BCUT2D eigenvalue weighted by atomic mass is 10.3. The first-order valence-electron chi connectivity index (χ1n) is 7.60. The van der Waals surface area contributed by atoms with E-state index in [1.807, 2.05) is 0 Å². The molecule has 6 nitrogen and oxygen atoms in total. The van der Waals surface area contributed by atoms with Gasteiger partial charge in [0.1, 0.15) is 11.4 Å². The highest BCUT2D eigenvalue weighted by Crippen LogP contribution is 2.27. The zero-order chi connectivity index (χ0) is 19.3. The van der Waals surface area contributed by atoms with Gasteiger partial charge in [0.25, 0.3) is 0 Å². The summed E-state index contributed by atoms with van der Waals surface area (Å²) in [6.07, 6.45) is -0.199. The molecule has 0 saturated heterocycles. The number of hydrogen-bond donors (Lipinski definition) is 0. The number of halogens is 4. The summed E-state index contributed by atoms with van der Waals surface area (Å²) in [5, 5.41) is 15.5. The number of rotatable bonds is 7. The van der Waals surface area contributed by atoms with Crippen molar-refractivity contribution < 1.29 is 22.7 Å². The van der Waals surface area contributed by atoms with Crippen LogP contribution >= 0.6 is 23.4 Å². The lowest BCUT2D eigenvalue weighted by Crippen LogP contribution is -2.31. The molecule has 0 unspecified atom stereocenters. The van der Waals surface area contributed by atoms with E-state index in [0.29, 0.717) is 27.9 Å². The zero-order valence-corrected chi connectivity index (χ0v) is 15.3. The van der Waals surface area contributed by atoms with Gasteiger partial charge in [0, 0.05) is 24.8 Å². The Morgan fingerprint density at radius 2 is 2.23 bits per heavy atom. The average Bonchev–Trinajstić information content (AvgIpc) is 2.93. The minimum atomic E-state index is -4.25. The Morgan fingerprint density at radius 3 is 2.85 bits per heavy atom. The van der Waals surface area contributed by atoms with Crippen molar-refractivity contribution in [2.24, 2.45) is 0 Å². The largest absolute Gasteiger partial charge is 0.619 e. The first-order chi connectivity index (χ1) is 12.2. The molecule has 0 atom stereocenters. The van der Waals surface area contributed by atoms with E-state index in [-0.39, 0.29) is 29.8 Å². The van der Waals surface area contributed by atoms with E-state index in [2.05, 4.69) is 5.10 Å². The van der Waals surface area contributed by atoms with Gasteiger partial charge >= 0.3 is 6.18 Å². The van der Waals surface area contributed by atoms with Crippen LogP contribution in [0.25, 0.3) is 5.69 Å². The summed E-state index contributed by atoms with van der Waals surface area (Å²) >= 11 is 6.76. The fourth-order valence-corrected chi connectivity index (χ4v) is 3.13. The van der Waals surface area contributed by atoms with E-state index in [0.717, 1.165) is 0 Å². The predicted molar refractivity (Wildman–Crippen MR) is 93.6 cm³/mol. The topological polar surface area (TPSA) is 65.1 Å². The van der Waals surface area contributed by atoms with Crippen molar-refractivity contribution >= 4 is 35.0 Å². The Balaban J connectivity index is 2.08. The molecule has 11 heteroatoms. The van der Waals surface area contributed by atoms with Crippen molar-refractivity contribution in [1.82, 2.24) is 9.78 Å². The minimum absolute atomic E-state index is 0.0511. The highest BCUT2D eigenvalue weighted by molar-refractivity contribution is 7.99. The van der Waals surface area contributed by atoms with Gasteiger partial charge < -0.3 is 10.1 Å². The van der Waals surface area contributed by atoms with Crippen LogP contribution in [0.3, 0.4) is 0 Å². The first kappa shape index (κ1) is 20.4. The van der Waals surface area contributed by atoms with Crippen LogP contribution < -0.4 is 9.63 Å². The lowest BCUT2D eigenvalue weighted by molar-refractivity contribution is -0.605.